The molecule has 0 bridgehead atoms. The zero-order chi connectivity index (χ0) is 17.1. The van der Waals surface area contributed by atoms with Crippen molar-refractivity contribution in [3.05, 3.63) is 47.8 Å². The van der Waals surface area contributed by atoms with E-state index in [4.69, 9.17) is 0 Å². The smallest absolute Gasteiger partial charge is 0.276 e. The first-order valence-electron chi connectivity index (χ1n) is 9.24. The predicted molar refractivity (Wildman–Crippen MR) is 94.9 cm³/mol. The van der Waals surface area contributed by atoms with E-state index in [1.54, 1.807) is 0 Å². The van der Waals surface area contributed by atoms with Gasteiger partial charge in [0.2, 0.25) is 0 Å². The fraction of sp³-hybridized carbons (Fsp3) is 0.526. The van der Waals surface area contributed by atoms with Crippen LogP contribution in [-0.2, 0) is 6.54 Å². The molecular weight excluding hydrogens is 314 g/mol. The van der Waals surface area contributed by atoms with Crippen LogP contribution in [0.2, 0.25) is 0 Å². The molecule has 0 saturated carbocycles. The summed E-state index contributed by atoms with van der Waals surface area (Å²) in [5, 5.41) is 10.3. The summed E-state index contributed by atoms with van der Waals surface area (Å²) in [6.07, 6.45) is 6.08. The number of rotatable bonds is 4. The molecule has 2 aromatic rings. The normalized spacial score (nSPS) is 22.4. The monoisotopic (exact) mass is 339 g/mol. The van der Waals surface area contributed by atoms with Crippen LogP contribution >= 0.6 is 0 Å². The molecule has 1 amide bonds. The second kappa shape index (κ2) is 7.35. The lowest BCUT2D eigenvalue weighted by molar-refractivity contribution is 0.0608. The molecule has 132 valence electrons. The lowest BCUT2D eigenvalue weighted by atomic mass is 9.87. The minimum atomic E-state index is 0.0305. The predicted octanol–water partition coefficient (Wildman–Crippen LogP) is 2.32. The van der Waals surface area contributed by atoms with Crippen molar-refractivity contribution in [2.24, 2.45) is 5.92 Å². The van der Waals surface area contributed by atoms with Crippen LogP contribution in [0.5, 0.6) is 0 Å². The van der Waals surface area contributed by atoms with Gasteiger partial charge in [-0.05, 0) is 50.3 Å². The number of nitrogens with one attached hydrogen (secondary N) is 1. The van der Waals surface area contributed by atoms with Crippen molar-refractivity contribution in [1.82, 2.24) is 25.2 Å². The fourth-order valence-corrected chi connectivity index (χ4v) is 4.32. The summed E-state index contributed by atoms with van der Waals surface area (Å²) in [5.74, 6) is 0.633. The summed E-state index contributed by atoms with van der Waals surface area (Å²) in [4.78, 5) is 17.2. The maximum Gasteiger partial charge on any atom is 0.276 e. The largest absolute Gasteiger partial charge is 0.334 e. The van der Waals surface area contributed by atoms with Crippen molar-refractivity contribution in [1.29, 1.82) is 0 Å². The van der Waals surface area contributed by atoms with Crippen molar-refractivity contribution in [3.8, 4) is 0 Å². The number of carbonyl (C=O) groups excluding carboxylic acids is 1. The van der Waals surface area contributed by atoms with E-state index >= 15 is 0 Å². The summed E-state index contributed by atoms with van der Waals surface area (Å²) >= 11 is 0. The quantitative estimate of drug-likeness (QED) is 0.928. The first-order chi connectivity index (χ1) is 12.3. The lowest BCUT2D eigenvalue weighted by Crippen LogP contribution is -2.44. The van der Waals surface area contributed by atoms with Crippen LogP contribution in [0.3, 0.4) is 0 Å². The number of aromatic amines is 1. The molecular formula is C19H25N5O. The summed E-state index contributed by atoms with van der Waals surface area (Å²) in [7, 11) is 0. The molecule has 6 heteroatoms. The Morgan fingerprint density at radius 3 is 2.64 bits per heavy atom. The fourth-order valence-electron chi connectivity index (χ4n) is 4.32. The molecule has 2 aliphatic heterocycles. The minimum Gasteiger partial charge on any atom is -0.334 e. The van der Waals surface area contributed by atoms with Crippen molar-refractivity contribution >= 4 is 5.91 Å². The van der Waals surface area contributed by atoms with Gasteiger partial charge in [-0.3, -0.25) is 9.69 Å². The summed E-state index contributed by atoms with van der Waals surface area (Å²) in [6, 6.07) is 11.0. The SMILES string of the molecule is O=C(c1cn[nH]n1)N1CCCC1C1CCN(Cc2ccccc2)CC1. The Morgan fingerprint density at radius 1 is 1.12 bits per heavy atom. The Balaban J connectivity index is 1.34. The van der Waals surface area contributed by atoms with Gasteiger partial charge in [0.25, 0.3) is 5.91 Å². The van der Waals surface area contributed by atoms with Gasteiger partial charge in [0, 0.05) is 19.1 Å². The molecule has 0 aliphatic carbocycles. The molecule has 3 heterocycles. The van der Waals surface area contributed by atoms with Crippen molar-refractivity contribution in [2.75, 3.05) is 19.6 Å². The number of likely N-dealkylation sites (tertiary alicyclic amines) is 2. The van der Waals surface area contributed by atoms with Crippen molar-refractivity contribution in [2.45, 2.75) is 38.3 Å². The van der Waals surface area contributed by atoms with Gasteiger partial charge in [0.15, 0.2) is 5.69 Å². The molecule has 0 spiro atoms. The van der Waals surface area contributed by atoms with E-state index < -0.39 is 0 Å². The van der Waals surface area contributed by atoms with Gasteiger partial charge in [-0.25, -0.2) is 0 Å². The Hall–Kier alpha value is -2.21. The Kier molecular flexibility index (Phi) is 4.78. The van der Waals surface area contributed by atoms with Gasteiger partial charge in [-0.15, -0.1) is 0 Å². The van der Waals surface area contributed by atoms with E-state index in [-0.39, 0.29) is 5.91 Å². The topological polar surface area (TPSA) is 65.1 Å². The van der Waals surface area contributed by atoms with Gasteiger partial charge < -0.3 is 4.90 Å². The summed E-state index contributed by atoms with van der Waals surface area (Å²) < 4.78 is 0. The molecule has 1 unspecified atom stereocenters. The Labute approximate surface area is 148 Å². The third-order valence-corrected chi connectivity index (χ3v) is 5.62. The lowest BCUT2D eigenvalue weighted by Gasteiger charge is -2.38. The average Bonchev–Trinajstić information content (AvgIpc) is 3.35. The van der Waals surface area contributed by atoms with Gasteiger partial charge in [-0.2, -0.15) is 15.4 Å². The third kappa shape index (κ3) is 3.58. The number of hydrogen-bond donors (Lipinski definition) is 1. The number of amides is 1. The van der Waals surface area contributed by atoms with Gasteiger partial charge >= 0.3 is 0 Å². The van der Waals surface area contributed by atoms with E-state index in [0.29, 0.717) is 17.7 Å². The summed E-state index contributed by atoms with van der Waals surface area (Å²) in [5.41, 5.74) is 1.82. The standard InChI is InChI=1S/C19H25N5O/c25-19(17-13-20-22-21-17)24-10-4-7-18(24)16-8-11-23(12-9-16)14-15-5-2-1-3-6-15/h1-3,5-6,13,16,18H,4,7-12,14H2,(H,20,21,22). The van der Waals surface area contributed by atoms with Crippen LogP contribution < -0.4 is 0 Å². The highest BCUT2D eigenvalue weighted by molar-refractivity contribution is 5.92. The molecule has 2 saturated heterocycles. The Morgan fingerprint density at radius 2 is 1.92 bits per heavy atom. The van der Waals surface area contributed by atoms with Crippen LogP contribution in [0.15, 0.2) is 36.5 Å². The zero-order valence-electron chi connectivity index (χ0n) is 14.5. The molecule has 1 aromatic heterocycles. The highest BCUT2D eigenvalue weighted by Crippen LogP contribution is 2.32. The van der Waals surface area contributed by atoms with E-state index in [2.05, 4.69) is 50.6 Å². The maximum absolute atomic E-state index is 12.7. The minimum absolute atomic E-state index is 0.0305. The molecule has 1 N–H and O–H groups in total. The molecule has 25 heavy (non-hydrogen) atoms. The van der Waals surface area contributed by atoms with Crippen LogP contribution in [0.25, 0.3) is 0 Å². The molecule has 2 aliphatic rings. The number of carbonyl (C=O) groups is 1. The highest BCUT2D eigenvalue weighted by atomic mass is 16.2. The molecule has 4 rings (SSSR count). The number of hydrogen-bond acceptors (Lipinski definition) is 4. The molecule has 1 aromatic carbocycles. The number of aromatic nitrogens is 3. The molecule has 6 nitrogen and oxygen atoms in total. The number of benzene rings is 1. The summed E-state index contributed by atoms with van der Waals surface area (Å²) in [6.45, 7) is 4.10. The number of nitrogens with zero attached hydrogens (tertiary/aromatic N) is 4. The van der Waals surface area contributed by atoms with Crippen LogP contribution in [-0.4, -0.2) is 56.8 Å². The Bertz CT molecular complexity index is 679. The van der Waals surface area contributed by atoms with Crippen LogP contribution in [0.4, 0.5) is 0 Å². The zero-order valence-corrected chi connectivity index (χ0v) is 14.5. The molecule has 0 radical (unpaired) electrons. The second-order valence-corrected chi connectivity index (χ2v) is 7.16. The van der Waals surface area contributed by atoms with E-state index in [1.165, 1.54) is 24.6 Å². The number of piperidine rings is 1. The molecule has 2 fully saturated rings. The third-order valence-electron chi connectivity index (χ3n) is 5.62. The van der Waals surface area contributed by atoms with Crippen molar-refractivity contribution in [3.63, 3.8) is 0 Å². The van der Waals surface area contributed by atoms with Gasteiger partial charge in [-0.1, -0.05) is 30.3 Å². The number of H-pyrrole nitrogens is 1. The van der Waals surface area contributed by atoms with Crippen molar-refractivity contribution < 1.29 is 4.79 Å². The van der Waals surface area contributed by atoms with Gasteiger partial charge in [0.05, 0.1) is 6.20 Å². The highest BCUT2D eigenvalue weighted by Gasteiger charge is 2.37. The first kappa shape index (κ1) is 16.3. The maximum atomic E-state index is 12.7. The molecule has 1 atom stereocenters. The van der Waals surface area contributed by atoms with Crippen LogP contribution in [0.1, 0.15) is 41.7 Å². The van der Waals surface area contributed by atoms with Gasteiger partial charge in [0.1, 0.15) is 0 Å². The second-order valence-electron chi connectivity index (χ2n) is 7.16. The average molecular weight is 339 g/mol. The van der Waals surface area contributed by atoms with E-state index in [0.717, 1.165) is 39.0 Å². The first-order valence-corrected chi connectivity index (χ1v) is 9.24. The van der Waals surface area contributed by atoms with Crippen LogP contribution in [0, 0.1) is 5.92 Å². The van der Waals surface area contributed by atoms with E-state index in [9.17, 15) is 4.79 Å². The van der Waals surface area contributed by atoms with E-state index in [1.807, 2.05) is 4.90 Å².